The van der Waals surface area contributed by atoms with E-state index < -0.39 is 0 Å². The summed E-state index contributed by atoms with van der Waals surface area (Å²) in [7, 11) is 0. The maximum absolute atomic E-state index is 13.9. The second-order valence-electron chi connectivity index (χ2n) is 10.1. The van der Waals surface area contributed by atoms with E-state index in [1.165, 1.54) is 12.0 Å². The summed E-state index contributed by atoms with van der Waals surface area (Å²) in [6.45, 7) is 5.32. The first kappa shape index (κ1) is 25.3. The van der Waals surface area contributed by atoms with Crippen LogP contribution in [0.4, 0.5) is 0 Å². The Morgan fingerprint density at radius 3 is 2.41 bits per heavy atom. The van der Waals surface area contributed by atoms with Gasteiger partial charge in [-0.15, -0.1) is 11.3 Å². The van der Waals surface area contributed by atoms with E-state index in [1.54, 1.807) is 11.3 Å². The van der Waals surface area contributed by atoms with E-state index in [1.807, 2.05) is 59.2 Å². The van der Waals surface area contributed by atoms with Crippen molar-refractivity contribution in [3.63, 3.8) is 0 Å². The van der Waals surface area contributed by atoms with Gasteiger partial charge in [0.2, 0.25) is 12.7 Å². The summed E-state index contributed by atoms with van der Waals surface area (Å²) in [6.07, 6.45) is 5.25. The predicted molar refractivity (Wildman–Crippen MR) is 145 cm³/mol. The molecule has 7 heteroatoms. The van der Waals surface area contributed by atoms with E-state index in [2.05, 4.69) is 18.4 Å². The number of benzene rings is 2. The number of aryl methyl sites for hydroxylation is 2. The summed E-state index contributed by atoms with van der Waals surface area (Å²) in [4.78, 5) is 32.5. The maximum Gasteiger partial charge on any atom is 0.254 e. The molecule has 2 aromatic carbocycles. The Morgan fingerprint density at radius 2 is 1.68 bits per heavy atom. The van der Waals surface area contributed by atoms with Crippen molar-refractivity contribution in [3.8, 4) is 11.5 Å². The van der Waals surface area contributed by atoms with Crippen molar-refractivity contribution in [2.45, 2.75) is 65.1 Å². The smallest absolute Gasteiger partial charge is 0.254 e. The summed E-state index contributed by atoms with van der Waals surface area (Å²) in [5, 5.41) is 2.06. The minimum Gasteiger partial charge on any atom is -0.454 e. The molecule has 194 valence electrons. The first-order chi connectivity index (χ1) is 18.0. The zero-order chi connectivity index (χ0) is 25.8. The molecule has 6 nitrogen and oxygen atoms in total. The number of nitrogens with zero attached hydrogens (tertiary/aromatic N) is 2. The van der Waals surface area contributed by atoms with Gasteiger partial charge < -0.3 is 19.3 Å². The molecular formula is C30H34N2O4S. The number of hydrogen-bond acceptors (Lipinski definition) is 5. The Hall–Kier alpha value is -3.32. The Bertz CT molecular complexity index is 1250. The lowest BCUT2D eigenvalue weighted by atomic mass is 9.93. The number of thiophene rings is 1. The molecule has 0 bridgehead atoms. The number of rotatable bonds is 8. The van der Waals surface area contributed by atoms with E-state index in [-0.39, 0.29) is 31.2 Å². The zero-order valence-electron chi connectivity index (χ0n) is 21.6. The van der Waals surface area contributed by atoms with Crippen LogP contribution in [0, 0.1) is 13.8 Å². The van der Waals surface area contributed by atoms with Gasteiger partial charge in [0.25, 0.3) is 5.91 Å². The van der Waals surface area contributed by atoms with Gasteiger partial charge in [-0.05, 0) is 73.5 Å². The highest BCUT2D eigenvalue weighted by atomic mass is 32.1. The number of fused-ring (bicyclic) bond motifs is 1. The van der Waals surface area contributed by atoms with Crippen molar-refractivity contribution in [2.24, 2.45) is 0 Å². The molecule has 5 rings (SSSR count). The molecule has 0 saturated heterocycles. The van der Waals surface area contributed by atoms with Gasteiger partial charge in [-0.3, -0.25) is 9.59 Å². The summed E-state index contributed by atoms with van der Waals surface area (Å²) in [5.41, 5.74) is 3.90. The van der Waals surface area contributed by atoms with Crippen LogP contribution in [0.15, 0.2) is 53.9 Å². The fourth-order valence-corrected chi connectivity index (χ4v) is 6.02. The Morgan fingerprint density at radius 1 is 0.919 bits per heavy atom. The van der Waals surface area contributed by atoms with Crippen LogP contribution in [0.3, 0.4) is 0 Å². The maximum atomic E-state index is 13.9. The third kappa shape index (κ3) is 5.99. The largest absolute Gasteiger partial charge is 0.454 e. The summed E-state index contributed by atoms with van der Waals surface area (Å²) in [5.74, 6) is 1.32. The molecule has 0 unspecified atom stereocenters. The highest BCUT2D eigenvalue weighted by Crippen LogP contribution is 2.33. The molecule has 1 fully saturated rings. The van der Waals surface area contributed by atoms with E-state index in [0.29, 0.717) is 24.4 Å². The van der Waals surface area contributed by atoms with Crippen LogP contribution >= 0.6 is 11.3 Å². The highest BCUT2D eigenvalue weighted by molar-refractivity contribution is 7.10. The molecule has 1 saturated carbocycles. The van der Waals surface area contributed by atoms with Gasteiger partial charge in [-0.1, -0.05) is 43.0 Å². The molecule has 1 aliphatic carbocycles. The molecular weight excluding hydrogens is 484 g/mol. The van der Waals surface area contributed by atoms with Crippen LogP contribution in [-0.2, 0) is 17.9 Å². The molecule has 0 N–H and O–H groups in total. The minimum atomic E-state index is -0.0596. The Labute approximate surface area is 222 Å². The van der Waals surface area contributed by atoms with E-state index >= 15 is 0 Å². The van der Waals surface area contributed by atoms with Gasteiger partial charge in [0.15, 0.2) is 11.5 Å². The van der Waals surface area contributed by atoms with Crippen LogP contribution in [0.2, 0.25) is 0 Å². The summed E-state index contributed by atoms with van der Waals surface area (Å²) in [6, 6.07) is 15.6. The quantitative estimate of drug-likeness (QED) is 0.362. The van der Waals surface area contributed by atoms with E-state index in [9.17, 15) is 9.59 Å². The molecule has 0 atom stereocenters. The van der Waals surface area contributed by atoms with Crippen LogP contribution in [-0.4, -0.2) is 41.0 Å². The van der Waals surface area contributed by atoms with Gasteiger partial charge in [0.05, 0.1) is 6.54 Å². The minimum absolute atomic E-state index is 0.0449. The second-order valence-corrected chi connectivity index (χ2v) is 11.1. The van der Waals surface area contributed by atoms with Crippen molar-refractivity contribution in [3.05, 3.63) is 81.0 Å². The van der Waals surface area contributed by atoms with Crippen molar-refractivity contribution in [2.75, 3.05) is 13.3 Å². The van der Waals surface area contributed by atoms with E-state index in [0.717, 1.165) is 47.4 Å². The lowest BCUT2D eigenvalue weighted by Gasteiger charge is -2.35. The lowest BCUT2D eigenvalue weighted by Crippen LogP contribution is -2.48. The van der Waals surface area contributed by atoms with Gasteiger partial charge in [0, 0.05) is 23.0 Å². The molecule has 1 aliphatic heterocycles. The first-order valence-electron chi connectivity index (χ1n) is 13.0. The monoisotopic (exact) mass is 518 g/mol. The van der Waals surface area contributed by atoms with Gasteiger partial charge in [-0.2, -0.15) is 0 Å². The first-order valence-corrected chi connectivity index (χ1v) is 13.9. The fourth-order valence-electron chi connectivity index (χ4n) is 5.10. The molecule has 0 radical (unpaired) electrons. The molecule has 0 spiro atoms. The van der Waals surface area contributed by atoms with Crippen LogP contribution in [0.1, 0.15) is 64.0 Å². The number of carbonyl (C=O) groups is 2. The zero-order valence-corrected chi connectivity index (χ0v) is 22.4. The summed E-state index contributed by atoms with van der Waals surface area (Å²) < 4.78 is 11.0. The highest BCUT2D eigenvalue weighted by Gasteiger charge is 2.30. The number of carbonyl (C=O) groups excluding carboxylic acids is 2. The fraction of sp³-hybridized carbons (Fsp3) is 0.400. The normalized spacial score (nSPS) is 15.0. The standard InChI is InChI=1S/C30H34N2O4S/c1-21-8-11-24(12-9-21)30(34)32(25-6-4-3-5-7-25)19-29(33)31(18-28-22(2)14-15-37-28)17-23-10-13-26-27(16-23)36-20-35-26/h8-16,25H,3-7,17-20H2,1-2H3. The van der Waals surface area contributed by atoms with Crippen LogP contribution < -0.4 is 9.47 Å². The molecule has 2 aliphatic rings. The average Bonchev–Trinajstić information content (AvgIpc) is 3.55. The van der Waals surface area contributed by atoms with Crippen molar-refractivity contribution in [1.29, 1.82) is 0 Å². The van der Waals surface area contributed by atoms with Gasteiger partial charge >= 0.3 is 0 Å². The third-order valence-corrected chi connectivity index (χ3v) is 8.35. The van der Waals surface area contributed by atoms with Crippen LogP contribution in [0.5, 0.6) is 11.5 Å². The predicted octanol–water partition coefficient (Wildman–Crippen LogP) is 6.10. The summed E-state index contributed by atoms with van der Waals surface area (Å²) >= 11 is 1.66. The average molecular weight is 519 g/mol. The van der Waals surface area contributed by atoms with Crippen LogP contribution in [0.25, 0.3) is 0 Å². The SMILES string of the molecule is Cc1ccc(C(=O)N(CC(=O)N(Cc2ccc3c(c2)OCO3)Cc2sccc2C)C2CCCCC2)cc1. The Kier molecular flexibility index (Phi) is 7.79. The molecule has 2 heterocycles. The Balaban J connectivity index is 1.40. The lowest BCUT2D eigenvalue weighted by molar-refractivity contribution is -0.133. The second kappa shape index (κ2) is 11.4. The van der Waals surface area contributed by atoms with Gasteiger partial charge in [-0.25, -0.2) is 0 Å². The van der Waals surface area contributed by atoms with Gasteiger partial charge in [0.1, 0.15) is 6.54 Å². The number of hydrogen-bond donors (Lipinski definition) is 0. The third-order valence-electron chi connectivity index (χ3n) is 7.35. The molecule has 3 aromatic rings. The molecule has 1 aromatic heterocycles. The number of ether oxygens (including phenoxy) is 2. The number of amides is 2. The molecule has 2 amide bonds. The van der Waals surface area contributed by atoms with Crippen molar-refractivity contribution >= 4 is 23.2 Å². The van der Waals surface area contributed by atoms with Crippen molar-refractivity contribution in [1.82, 2.24) is 9.80 Å². The molecule has 37 heavy (non-hydrogen) atoms. The van der Waals surface area contributed by atoms with E-state index in [4.69, 9.17) is 9.47 Å². The topological polar surface area (TPSA) is 59.1 Å². The van der Waals surface area contributed by atoms with Crippen molar-refractivity contribution < 1.29 is 19.1 Å².